The van der Waals surface area contributed by atoms with Crippen molar-refractivity contribution in [2.24, 2.45) is 0 Å². The van der Waals surface area contributed by atoms with E-state index < -0.39 is 0 Å². The summed E-state index contributed by atoms with van der Waals surface area (Å²) >= 11 is 6.20. The molecule has 106 valence electrons. The minimum Gasteiger partial charge on any atom is -0.461 e. The van der Waals surface area contributed by atoms with Gasteiger partial charge in [-0.2, -0.15) is 0 Å². The van der Waals surface area contributed by atoms with E-state index in [1.807, 2.05) is 30.3 Å². The van der Waals surface area contributed by atoms with Gasteiger partial charge in [0.25, 0.3) is 0 Å². The molecule has 0 spiro atoms. The van der Waals surface area contributed by atoms with Crippen molar-refractivity contribution in [3.8, 4) is 11.1 Å². The highest BCUT2D eigenvalue weighted by Gasteiger charge is 2.17. The van der Waals surface area contributed by atoms with Crippen LogP contribution in [0.5, 0.6) is 0 Å². The zero-order chi connectivity index (χ0) is 14.8. The lowest BCUT2D eigenvalue weighted by atomic mass is 10.0. The summed E-state index contributed by atoms with van der Waals surface area (Å²) in [5.74, 6) is -0.378. The number of pyridine rings is 1. The van der Waals surface area contributed by atoms with Crippen LogP contribution in [-0.2, 0) is 4.74 Å². The second-order valence-electron chi connectivity index (χ2n) is 4.48. The molecular weight excluding hydrogens is 288 g/mol. The Hall–Kier alpha value is -2.33. The quantitative estimate of drug-likeness (QED) is 0.742. The van der Waals surface area contributed by atoms with Crippen LogP contribution in [0, 0.1) is 0 Å². The second-order valence-corrected chi connectivity index (χ2v) is 4.89. The molecule has 0 aliphatic carbocycles. The number of hydrogen-bond acceptors (Lipinski definition) is 3. The topological polar surface area (TPSA) is 55.0 Å². The Morgan fingerprint density at radius 1 is 1.29 bits per heavy atom. The highest BCUT2D eigenvalue weighted by molar-refractivity contribution is 6.35. The average Bonchev–Trinajstić information content (AvgIpc) is 2.97. The molecule has 2 aromatic heterocycles. The van der Waals surface area contributed by atoms with Crippen molar-refractivity contribution in [3.05, 3.63) is 53.4 Å². The van der Waals surface area contributed by atoms with E-state index in [9.17, 15) is 4.79 Å². The normalized spacial score (nSPS) is 10.8. The van der Waals surface area contributed by atoms with E-state index >= 15 is 0 Å². The Kier molecular flexibility index (Phi) is 3.62. The maximum absolute atomic E-state index is 12.0. The van der Waals surface area contributed by atoms with Crippen molar-refractivity contribution >= 4 is 28.5 Å². The zero-order valence-electron chi connectivity index (χ0n) is 11.4. The molecule has 0 saturated heterocycles. The van der Waals surface area contributed by atoms with Gasteiger partial charge in [0.15, 0.2) is 0 Å². The molecule has 3 aromatic rings. The van der Waals surface area contributed by atoms with Gasteiger partial charge in [0.2, 0.25) is 0 Å². The summed E-state index contributed by atoms with van der Waals surface area (Å²) in [5, 5.41) is 1.49. The average molecular weight is 301 g/mol. The molecular formula is C16H13ClN2O2. The standard InChI is InChI=1S/C16H13ClN2O2/c1-2-21-16(20)15-11(7-9-19-15)10-5-6-13(17)12-4-3-8-18-14(10)12/h3-9,19H,2H2,1H3. The van der Waals surface area contributed by atoms with Crippen LogP contribution in [0.2, 0.25) is 5.02 Å². The summed E-state index contributed by atoms with van der Waals surface area (Å²) in [6.07, 6.45) is 3.42. The predicted octanol–water partition coefficient (Wildman–Crippen LogP) is 4.06. The number of esters is 1. The van der Waals surface area contributed by atoms with Gasteiger partial charge in [0.1, 0.15) is 5.69 Å². The number of carbonyl (C=O) groups excluding carboxylic acids is 1. The molecule has 0 aliphatic heterocycles. The third-order valence-corrected chi connectivity index (χ3v) is 3.56. The molecule has 2 heterocycles. The van der Waals surface area contributed by atoms with Crippen molar-refractivity contribution in [1.29, 1.82) is 0 Å². The number of nitrogens with one attached hydrogen (secondary N) is 1. The highest BCUT2D eigenvalue weighted by atomic mass is 35.5. The first-order chi connectivity index (χ1) is 10.2. The van der Waals surface area contributed by atoms with E-state index in [2.05, 4.69) is 9.97 Å². The summed E-state index contributed by atoms with van der Waals surface area (Å²) in [6, 6.07) is 9.25. The lowest BCUT2D eigenvalue weighted by Gasteiger charge is -2.08. The van der Waals surface area contributed by atoms with Crippen LogP contribution in [0.15, 0.2) is 42.7 Å². The molecule has 0 aliphatic rings. The third-order valence-electron chi connectivity index (χ3n) is 3.23. The first-order valence-corrected chi connectivity index (χ1v) is 6.98. The Labute approximate surface area is 126 Å². The van der Waals surface area contributed by atoms with Crippen molar-refractivity contribution in [2.45, 2.75) is 6.92 Å². The maximum atomic E-state index is 12.0. The molecule has 0 unspecified atom stereocenters. The zero-order valence-corrected chi connectivity index (χ0v) is 12.1. The maximum Gasteiger partial charge on any atom is 0.355 e. The minimum atomic E-state index is -0.378. The molecule has 1 aromatic carbocycles. The molecule has 0 amide bonds. The van der Waals surface area contributed by atoms with Gasteiger partial charge in [0, 0.05) is 28.9 Å². The lowest BCUT2D eigenvalue weighted by molar-refractivity contribution is 0.0521. The fourth-order valence-electron chi connectivity index (χ4n) is 2.32. The number of carbonyl (C=O) groups is 1. The van der Waals surface area contributed by atoms with Crippen LogP contribution in [0.25, 0.3) is 22.0 Å². The Balaban J connectivity index is 2.21. The number of rotatable bonds is 3. The van der Waals surface area contributed by atoms with E-state index in [0.29, 0.717) is 17.3 Å². The van der Waals surface area contributed by atoms with E-state index in [4.69, 9.17) is 16.3 Å². The van der Waals surface area contributed by atoms with Crippen LogP contribution in [-0.4, -0.2) is 22.5 Å². The SMILES string of the molecule is CCOC(=O)c1[nH]ccc1-c1ccc(Cl)c2cccnc12. The monoisotopic (exact) mass is 300 g/mol. The number of H-pyrrole nitrogens is 1. The van der Waals surface area contributed by atoms with Crippen molar-refractivity contribution in [3.63, 3.8) is 0 Å². The Bertz CT molecular complexity index is 811. The third kappa shape index (κ3) is 2.38. The molecule has 0 atom stereocenters. The number of ether oxygens (including phenoxy) is 1. The fraction of sp³-hybridized carbons (Fsp3) is 0.125. The van der Waals surface area contributed by atoms with Crippen LogP contribution in [0.3, 0.4) is 0 Å². The molecule has 1 N–H and O–H groups in total. The summed E-state index contributed by atoms with van der Waals surface area (Å²) < 4.78 is 5.07. The van der Waals surface area contributed by atoms with E-state index in [-0.39, 0.29) is 5.97 Å². The van der Waals surface area contributed by atoms with Gasteiger partial charge in [-0.05, 0) is 31.2 Å². The molecule has 0 fully saturated rings. The van der Waals surface area contributed by atoms with E-state index in [0.717, 1.165) is 22.0 Å². The van der Waals surface area contributed by atoms with E-state index in [1.165, 1.54) is 0 Å². The minimum absolute atomic E-state index is 0.330. The summed E-state index contributed by atoms with van der Waals surface area (Å²) in [5.41, 5.74) is 2.79. The van der Waals surface area contributed by atoms with Crippen molar-refractivity contribution < 1.29 is 9.53 Å². The largest absolute Gasteiger partial charge is 0.461 e. The Morgan fingerprint density at radius 3 is 2.95 bits per heavy atom. The molecule has 0 saturated carbocycles. The molecule has 5 heteroatoms. The summed E-state index contributed by atoms with van der Waals surface area (Å²) in [7, 11) is 0. The van der Waals surface area contributed by atoms with Crippen LogP contribution in [0.1, 0.15) is 17.4 Å². The Morgan fingerprint density at radius 2 is 2.14 bits per heavy atom. The molecule has 0 radical (unpaired) electrons. The van der Waals surface area contributed by atoms with Crippen molar-refractivity contribution in [1.82, 2.24) is 9.97 Å². The van der Waals surface area contributed by atoms with Gasteiger partial charge in [-0.15, -0.1) is 0 Å². The molecule has 21 heavy (non-hydrogen) atoms. The first kappa shape index (κ1) is 13.6. The lowest BCUT2D eigenvalue weighted by Crippen LogP contribution is -2.06. The van der Waals surface area contributed by atoms with Crippen LogP contribution in [0.4, 0.5) is 0 Å². The van der Waals surface area contributed by atoms with Gasteiger partial charge in [-0.3, -0.25) is 4.98 Å². The highest BCUT2D eigenvalue weighted by Crippen LogP contribution is 2.33. The number of nitrogens with zero attached hydrogens (tertiary/aromatic N) is 1. The molecule has 4 nitrogen and oxygen atoms in total. The van der Waals surface area contributed by atoms with Gasteiger partial charge in [-0.25, -0.2) is 4.79 Å². The van der Waals surface area contributed by atoms with Gasteiger partial charge >= 0.3 is 5.97 Å². The number of benzene rings is 1. The number of aromatic nitrogens is 2. The van der Waals surface area contributed by atoms with Gasteiger partial charge in [-0.1, -0.05) is 17.7 Å². The smallest absolute Gasteiger partial charge is 0.355 e. The van der Waals surface area contributed by atoms with Gasteiger partial charge < -0.3 is 9.72 Å². The number of fused-ring (bicyclic) bond motifs is 1. The summed E-state index contributed by atoms with van der Waals surface area (Å²) in [6.45, 7) is 2.11. The number of hydrogen-bond donors (Lipinski definition) is 1. The number of aromatic amines is 1. The van der Waals surface area contributed by atoms with Gasteiger partial charge in [0.05, 0.1) is 17.1 Å². The van der Waals surface area contributed by atoms with Crippen molar-refractivity contribution in [2.75, 3.05) is 6.61 Å². The predicted molar refractivity (Wildman–Crippen MR) is 82.5 cm³/mol. The second kappa shape index (κ2) is 5.58. The molecule has 0 bridgehead atoms. The first-order valence-electron chi connectivity index (χ1n) is 6.60. The fourth-order valence-corrected chi connectivity index (χ4v) is 2.54. The molecule has 3 rings (SSSR count). The van der Waals surface area contributed by atoms with Crippen LogP contribution >= 0.6 is 11.6 Å². The summed E-state index contributed by atoms with van der Waals surface area (Å²) in [4.78, 5) is 19.3. The number of halogens is 1. The van der Waals surface area contributed by atoms with E-state index in [1.54, 1.807) is 19.3 Å². The van der Waals surface area contributed by atoms with Crippen LogP contribution < -0.4 is 0 Å².